The first-order chi connectivity index (χ1) is 12.0. The fourth-order valence-electron chi connectivity index (χ4n) is 2.59. The SMILES string of the molecule is Cc1ccc(C(=O)N[C@H](c2ccccc2F)c2nccn2C)cc1F. The van der Waals surface area contributed by atoms with Gasteiger partial charge in [-0.25, -0.2) is 13.8 Å². The van der Waals surface area contributed by atoms with Gasteiger partial charge in [-0.2, -0.15) is 0 Å². The smallest absolute Gasteiger partial charge is 0.252 e. The van der Waals surface area contributed by atoms with Gasteiger partial charge < -0.3 is 9.88 Å². The molecule has 0 saturated carbocycles. The van der Waals surface area contributed by atoms with Crippen molar-refractivity contribution < 1.29 is 13.6 Å². The molecule has 0 unspecified atom stereocenters. The van der Waals surface area contributed by atoms with Crippen molar-refractivity contribution in [2.45, 2.75) is 13.0 Å². The summed E-state index contributed by atoms with van der Waals surface area (Å²) >= 11 is 0. The average molecular weight is 341 g/mol. The molecule has 1 aromatic heterocycles. The zero-order valence-corrected chi connectivity index (χ0v) is 13.8. The minimum atomic E-state index is -0.793. The average Bonchev–Trinajstić information content (AvgIpc) is 3.01. The van der Waals surface area contributed by atoms with E-state index in [0.29, 0.717) is 11.4 Å². The number of carbonyl (C=O) groups is 1. The van der Waals surface area contributed by atoms with Crippen LogP contribution in [0.5, 0.6) is 0 Å². The molecule has 3 rings (SSSR count). The van der Waals surface area contributed by atoms with Gasteiger partial charge in [0.1, 0.15) is 23.5 Å². The van der Waals surface area contributed by atoms with Crippen LogP contribution in [-0.2, 0) is 7.05 Å². The van der Waals surface area contributed by atoms with Gasteiger partial charge in [-0.15, -0.1) is 0 Å². The van der Waals surface area contributed by atoms with Crippen molar-refractivity contribution in [2.24, 2.45) is 7.05 Å². The minimum Gasteiger partial charge on any atom is -0.338 e. The van der Waals surface area contributed by atoms with E-state index in [1.807, 2.05) is 0 Å². The van der Waals surface area contributed by atoms with Crippen molar-refractivity contribution in [3.8, 4) is 0 Å². The van der Waals surface area contributed by atoms with Crippen molar-refractivity contribution in [3.63, 3.8) is 0 Å². The first kappa shape index (κ1) is 16.8. The van der Waals surface area contributed by atoms with Gasteiger partial charge >= 0.3 is 0 Å². The van der Waals surface area contributed by atoms with Gasteiger partial charge in [-0.1, -0.05) is 24.3 Å². The Hall–Kier alpha value is -3.02. The zero-order chi connectivity index (χ0) is 18.0. The zero-order valence-electron chi connectivity index (χ0n) is 13.8. The Labute approximate surface area is 144 Å². The fraction of sp³-hybridized carbons (Fsp3) is 0.158. The number of carbonyl (C=O) groups excluding carboxylic acids is 1. The van der Waals surface area contributed by atoms with E-state index in [2.05, 4.69) is 10.3 Å². The standard InChI is InChI=1S/C19H17F2N3O/c1-12-7-8-13(11-16(12)21)19(25)23-17(18-22-9-10-24(18)2)14-5-3-4-6-15(14)20/h3-11,17H,1-2H3,(H,23,25)/t17-/m1/s1. The molecule has 1 N–H and O–H groups in total. The number of imidazole rings is 1. The molecule has 0 radical (unpaired) electrons. The van der Waals surface area contributed by atoms with E-state index in [-0.39, 0.29) is 11.1 Å². The monoisotopic (exact) mass is 341 g/mol. The Kier molecular flexibility index (Phi) is 4.61. The van der Waals surface area contributed by atoms with Crippen LogP contribution in [0.1, 0.15) is 33.4 Å². The molecule has 0 aliphatic heterocycles. The highest BCUT2D eigenvalue weighted by Crippen LogP contribution is 2.23. The molecule has 4 nitrogen and oxygen atoms in total. The molecule has 25 heavy (non-hydrogen) atoms. The highest BCUT2D eigenvalue weighted by Gasteiger charge is 2.24. The van der Waals surface area contributed by atoms with Gasteiger partial charge in [0, 0.05) is 30.6 Å². The summed E-state index contributed by atoms with van der Waals surface area (Å²) in [5.74, 6) is -0.945. The second kappa shape index (κ2) is 6.84. The number of hydrogen-bond acceptors (Lipinski definition) is 2. The topological polar surface area (TPSA) is 46.9 Å². The lowest BCUT2D eigenvalue weighted by Crippen LogP contribution is -2.31. The Morgan fingerprint density at radius 3 is 2.56 bits per heavy atom. The highest BCUT2D eigenvalue weighted by molar-refractivity contribution is 5.94. The summed E-state index contributed by atoms with van der Waals surface area (Å²) < 4.78 is 29.7. The molecule has 0 aliphatic carbocycles. The van der Waals surface area contributed by atoms with Crippen LogP contribution in [0.25, 0.3) is 0 Å². The Morgan fingerprint density at radius 2 is 1.92 bits per heavy atom. The summed E-state index contributed by atoms with van der Waals surface area (Å²) in [4.78, 5) is 16.8. The third kappa shape index (κ3) is 3.42. The van der Waals surface area contributed by atoms with Gasteiger partial charge in [0.25, 0.3) is 5.91 Å². The van der Waals surface area contributed by atoms with Crippen molar-refractivity contribution in [1.29, 1.82) is 0 Å². The van der Waals surface area contributed by atoms with E-state index in [0.717, 1.165) is 0 Å². The predicted molar refractivity (Wildman–Crippen MR) is 90.1 cm³/mol. The maximum atomic E-state index is 14.3. The number of hydrogen-bond donors (Lipinski definition) is 1. The third-order valence-electron chi connectivity index (χ3n) is 4.04. The van der Waals surface area contributed by atoms with Gasteiger partial charge in [0.05, 0.1) is 0 Å². The van der Waals surface area contributed by atoms with Crippen LogP contribution >= 0.6 is 0 Å². The molecular formula is C19H17F2N3O. The van der Waals surface area contributed by atoms with Crippen molar-refractivity contribution in [2.75, 3.05) is 0 Å². The molecule has 0 fully saturated rings. The van der Waals surface area contributed by atoms with E-state index >= 15 is 0 Å². The predicted octanol–water partition coefficient (Wildman–Crippen LogP) is 3.53. The van der Waals surface area contributed by atoms with Crippen LogP contribution in [0, 0.1) is 18.6 Å². The summed E-state index contributed by atoms with van der Waals surface area (Å²) in [5.41, 5.74) is 0.905. The molecule has 0 aliphatic rings. The fourth-order valence-corrected chi connectivity index (χ4v) is 2.59. The van der Waals surface area contributed by atoms with Crippen LogP contribution in [-0.4, -0.2) is 15.5 Å². The van der Waals surface area contributed by atoms with E-state index in [1.165, 1.54) is 24.3 Å². The Balaban J connectivity index is 1.98. The number of aryl methyl sites for hydroxylation is 2. The number of aromatic nitrogens is 2. The molecule has 128 valence electrons. The molecule has 3 aromatic rings. The first-order valence-electron chi connectivity index (χ1n) is 7.76. The molecule has 1 heterocycles. The summed E-state index contributed by atoms with van der Waals surface area (Å²) in [6.45, 7) is 1.62. The molecule has 1 atom stereocenters. The molecule has 0 spiro atoms. The van der Waals surface area contributed by atoms with Crippen molar-refractivity contribution in [1.82, 2.24) is 14.9 Å². The quantitative estimate of drug-likeness (QED) is 0.789. The molecular weight excluding hydrogens is 324 g/mol. The molecule has 0 bridgehead atoms. The molecule has 1 amide bonds. The van der Waals surface area contributed by atoms with Crippen LogP contribution in [0.3, 0.4) is 0 Å². The van der Waals surface area contributed by atoms with Crippen LogP contribution < -0.4 is 5.32 Å². The number of nitrogens with zero attached hydrogens (tertiary/aromatic N) is 2. The van der Waals surface area contributed by atoms with Crippen LogP contribution in [0.15, 0.2) is 54.9 Å². The number of amides is 1. The van der Waals surface area contributed by atoms with Gasteiger partial charge in [-0.3, -0.25) is 4.79 Å². The van der Waals surface area contributed by atoms with E-state index in [4.69, 9.17) is 0 Å². The second-order valence-corrected chi connectivity index (χ2v) is 5.79. The summed E-state index contributed by atoms with van der Waals surface area (Å²) in [6, 6.07) is 9.61. The minimum absolute atomic E-state index is 0.165. The summed E-state index contributed by atoms with van der Waals surface area (Å²) in [6.07, 6.45) is 3.28. The number of halogens is 2. The molecule has 6 heteroatoms. The molecule has 0 saturated heterocycles. The molecule has 2 aromatic carbocycles. The van der Waals surface area contributed by atoms with Gasteiger partial charge in [0.15, 0.2) is 0 Å². The lowest BCUT2D eigenvalue weighted by molar-refractivity contribution is 0.0940. The van der Waals surface area contributed by atoms with Crippen molar-refractivity contribution >= 4 is 5.91 Å². The Morgan fingerprint density at radius 1 is 1.16 bits per heavy atom. The lowest BCUT2D eigenvalue weighted by Gasteiger charge is -2.20. The third-order valence-corrected chi connectivity index (χ3v) is 4.04. The van der Waals surface area contributed by atoms with E-state index in [9.17, 15) is 13.6 Å². The number of benzene rings is 2. The maximum absolute atomic E-state index is 14.3. The lowest BCUT2D eigenvalue weighted by atomic mass is 10.0. The van der Waals surface area contributed by atoms with Crippen LogP contribution in [0.2, 0.25) is 0 Å². The summed E-state index contributed by atoms with van der Waals surface area (Å²) in [5, 5.41) is 2.75. The van der Waals surface area contributed by atoms with E-state index < -0.39 is 23.6 Å². The largest absolute Gasteiger partial charge is 0.338 e. The van der Waals surface area contributed by atoms with Gasteiger partial charge in [-0.05, 0) is 30.7 Å². The Bertz CT molecular complexity index is 921. The summed E-state index contributed by atoms with van der Waals surface area (Å²) in [7, 11) is 1.76. The second-order valence-electron chi connectivity index (χ2n) is 5.79. The first-order valence-corrected chi connectivity index (χ1v) is 7.76. The van der Waals surface area contributed by atoms with Gasteiger partial charge in [0.2, 0.25) is 0 Å². The number of rotatable bonds is 4. The maximum Gasteiger partial charge on any atom is 0.252 e. The number of nitrogens with one attached hydrogen (secondary N) is 1. The van der Waals surface area contributed by atoms with E-state index in [1.54, 1.807) is 49.1 Å². The normalized spacial score (nSPS) is 12.0. The van der Waals surface area contributed by atoms with Crippen molar-refractivity contribution in [3.05, 3.63) is 89.0 Å². The highest BCUT2D eigenvalue weighted by atomic mass is 19.1. The van der Waals surface area contributed by atoms with Crippen LogP contribution in [0.4, 0.5) is 8.78 Å².